The van der Waals surface area contributed by atoms with Crippen LogP contribution in [0.4, 0.5) is 0 Å². The van der Waals surface area contributed by atoms with Crippen molar-refractivity contribution in [1.29, 1.82) is 10.5 Å². The summed E-state index contributed by atoms with van der Waals surface area (Å²) in [5, 5.41) is 17.1. The van der Waals surface area contributed by atoms with E-state index < -0.39 is 5.92 Å². The number of carbonyl (C=O) groups is 1. The van der Waals surface area contributed by atoms with Crippen LogP contribution in [0.2, 0.25) is 0 Å². The predicted octanol–water partition coefficient (Wildman–Crippen LogP) is 1.30. The molecular weight excluding hydrogens is 178 g/mol. The van der Waals surface area contributed by atoms with Crippen LogP contribution in [0.15, 0.2) is 0 Å². The van der Waals surface area contributed by atoms with Gasteiger partial charge >= 0.3 is 0 Å². The van der Waals surface area contributed by atoms with Crippen LogP contribution in [0.3, 0.4) is 0 Å². The highest BCUT2D eigenvalue weighted by atomic mass is 16.2. The van der Waals surface area contributed by atoms with E-state index in [1.807, 2.05) is 26.0 Å². The van der Waals surface area contributed by atoms with Gasteiger partial charge in [-0.1, -0.05) is 6.92 Å². The van der Waals surface area contributed by atoms with Crippen LogP contribution in [-0.2, 0) is 4.79 Å². The maximum absolute atomic E-state index is 11.6. The van der Waals surface area contributed by atoms with Gasteiger partial charge in [0.2, 0.25) is 5.91 Å². The van der Waals surface area contributed by atoms with E-state index in [9.17, 15) is 4.79 Å². The van der Waals surface area contributed by atoms with Gasteiger partial charge in [-0.2, -0.15) is 10.5 Å². The minimum Gasteiger partial charge on any atom is -0.341 e. The molecule has 0 saturated carbocycles. The molecule has 0 aromatic heterocycles. The molecule has 0 aromatic carbocycles. The summed E-state index contributed by atoms with van der Waals surface area (Å²) in [4.78, 5) is 13.2. The number of nitrogens with zero attached hydrogens (tertiary/aromatic N) is 3. The van der Waals surface area contributed by atoms with Crippen LogP contribution in [0, 0.1) is 28.6 Å². The Balaban J connectivity index is 4.32. The third kappa shape index (κ3) is 3.45. The highest BCUT2D eigenvalue weighted by molar-refractivity contribution is 5.81. The van der Waals surface area contributed by atoms with Gasteiger partial charge in [-0.25, -0.2) is 0 Å². The molecule has 0 fully saturated rings. The Morgan fingerprint density at radius 3 is 2.43 bits per heavy atom. The van der Waals surface area contributed by atoms with Gasteiger partial charge < -0.3 is 4.90 Å². The Morgan fingerprint density at radius 1 is 1.43 bits per heavy atom. The summed E-state index contributed by atoms with van der Waals surface area (Å²) in [7, 11) is 0. The van der Waals surface area contributed by atoms with Crippen molar-refractivity contribution >= 4 is 5.91 Å². The van der Waals surface area contributed by atoms with Gasteiger partial charge in [-0.3, -0.25) is 4.79 Å². The monoisotopic (exact) mass is 193 g/mol. The normalized spacial score (nSPS) is 11.1. The fourth-order valence-corrected chi connectivity index (χ4v) is 1.15. The molecule has 0 bridgehead atoms. The topological polar surface area (TPSA) is 67.9 Å². The molecule has 0 spiro atoms. The number of carbonyl (C=O) groups excluding carboxylic acids is 1. The van der Waals surface area contributed by atoms with Gasteiger partial charge in [0.1, 0.15) is 5.92 Å². The van der Waals surface area contributed by atoms with Crippen molar-refractivity contribution in [2.45, 2.75) is 26.7 Å². The number of hydrogen-bond donors (Lipinski definition) is 0. The third-order valence-electron chi connectivity index (χ3n) is 2.05. The maximum atomic E-state index is 11.6. The van der Waals surface area contributed by atoms with E-state index in [2.05, 4.69) is 0 Å². The lowest BCUT2D eigenvalue weighted by Crippen LogP contribution is -2.36. The Hall–Kier alpha value is -1.55. The molecule has 4 heteroatoms. The van der Waals surface area contributed by atoms with Crippen molar-refractivity contribution in [3.05, 3.63) is 0 Å². The largest absolute Gasteiger partial charge is 0.341 e. The first-order chi connectivity index (χ1) is 6.71. The van der Waals surface area contributed by atoms with E-state index in [4.69, 9.17) is 10.5 Å². The van der Waals surface area contributed by atoms with Crippen molar-refractivity contribution in [2.75, 3.05) is 13.1 Å². The predicted molar refractivity (Wildman–Crippen MR) is 51.9 cm³/mol. The van der Waals surface area contributed by atoms with Crippen LogP contribution in [0.25, 0.3) is 0 Å². The standard InChI is InChI=1S/C10H15N3O/c1-3-9(8-12)10(14)13(4-2)7-5-6-11/h9H,3-5,7H2,1-2H3. The zero-order valence-corrected chi connectivity index (χ0v) is 8.66. The number of amides is 1. The second-order valence-corrected chi connectivity index (χ2v) is 2.92. The minimum atomic E-state index is -0.561. The lowest BCUT2D eigenvalue weighted by molar-refractivity contribution is -0.133. The number of rotatable bonds is 5. The SMILES string of the molecule is CCC(C#N)C(=O)N(CC)CCC#N. The average Bonchev–Trinajstić information content (AvgIpc) is 2.21. The molecule has 4 nitrogen and oxygen atoms in total. The molecule has 1 atom stereocenters. The second kappa shape index (κ2) is 6.91. The van der Waals surface area contributed by atoms with E-state index in [1.165, 1.54) is 0 Å². The first-order valence-corrected chi connectivity index (χ1v) is 4.76. The fraction of sp³-hybridized carbons (Fsp3) is 0.700. The lowest BCUT2D eigenvalue weighted by atomic mass is 10.1. The summed E-state index contributed by atoms with van der Waals surface area (Å²) in [6.07, 6.45) is 0.847. The van der Waals surface area contributed by atoms with E-state index >= 15 is 0 Å². The van der Waals surface area contributed by atoms with E-state index in [-0.39, 0.29) is 5.91 Å². The van der Waals surface area contributed by atoms with Gasteiger partial charge in [0.15, 0.2) is 0 Å². The molecule has 1 amide bonds. The second-order valence-electron chi connectivity index (χ2n) is 2.92. The molecule has 76 valence electrons. The molecule has 14 heavy (non-hydrogen) atoms. The van der Waals surface area contributed by atoms with Gasteiger partial charge in [0.25, 0.3) is 0 Å². The van der Waals surface area contributed by atoms with Crippen LogP contribution in [-0.4, -0.2) is 23.9 Å². The lowest BCUT2D eigenvalue weighted by Gasteiger charge is -2.21. The Bertz CT molecular complexity index is 262. The Kier molecular flexibility index (Phi) is 6.15. The summed E-state index contributed by atoms with van der Waals surface area (Å²) in [6.45, 7) is 4.63. The van der Waals surface area contributed by atoms with Crippen LogP contribution in [0.5, 0.6) is 0 Å². The average molecular weight is 193 g/mol. The fourth-order valence-electron chi connectivity index (χ4n) is 1.15. The van der Waals surface area contributed by atoms with Crippen LogP contribution in [0.1, 0.15) is 26.7 Å². The van der Waals surface area contributed by atoms with Crippen molar-refractivity contribution in [2.24, 2.45) is 5.92 Å². The zero-order valence-electron chi connectivity index (χ0n) is 8.66. The highest BCUT2D eigenvalue weighted by Gasteiger charge is 2.20. The summed E-state index contributed by atoms with van der Waals surface area (Å²) in [5.74, 6) is -0.721. The van der Waals surface area contributed by atoms with Gasteiger partial charge in [0.05, 0.1) is 18.6 Å². The third-order valence-corrected chi connectivity index (χ3v) is 2.05. The molecule has 0 aliphatic carbocycles. The molecule has 0 aromatic rings. The van der Waals surface area contributed by atoms with Gasteiger partial charge in [0, 0.05) is 13.1 Å². The summed E-state index contributed by atoms with van der Waals surface area (Å²) < 4.78 is 0. The van der Waals surface area contributed by atoms with Gasteiger partial charge in [-0.05, 0) is 13.3 Å². The van der Waals surface area contributed by atoms with Crippen molar-refractivity contribution < 1.29 is 4.79 Å². The maximum Gasteiger partial charge on any atom is 0.239 e. The first-order valence-electron chi connectivity index (χ1n) is 4.76. The minimum absolute atomic E-state index is 0.159. The molecular formula is C10H15N3O. The summed E-state index contributed by atoms with van der Waals surface area (Å²) >= 11 is 0. The van der Waals surface area contributed by atoms with Crippen molar-refractivity contribution in [1.82, 2.24) is 4.90 Å². The molecule has 0 rings (SSSR count). The van der Waals surface area contributed by atoms with E-state index in [0.29, 0.717) is 25.9 Å². The van der Waals surface area contributed by atoms with E-state index in [1.54, 1.807) is 4.90 Å². The highest BCUT2D eigenvalue weighted by Crippen LogP contribution is 2.06. The van der Waals surface area contributed by atoms with Crippen molar-refractivity contribution in [3.63, 3.8) is 0 Å². The molecule has 0 heterocycles. The molecule has 1 unspecified atom stereocenters. The smallest absolute Gasteiger partial charge is 0.239 e. The van der Waals surface area contributed by atoms with Gasteiger partial charge in [-0.15, -0.1) is 0 Å². The Labute approximate surface area is 84.7 Å². The molecule has 0 radical (unpaired) electrons. The number of hydrogen-bond acceptors (Lipinski definition) is 3. The van der Waals surface area contributed by atoms with Crippen molar-refractivity contribution in [3.8, 4) is 12.1 Å². The molecule has 0 saturated heterocycles. The quantitative estimate of drug-likeness (QED) is 0.660. The van der Waals surface area contributed by atoms with Crippen LogP contribution < -0.4 is 0 Å². The number of nitriles is 2. The van der Waals surface area contributed by atoms with E-state index in [0.717, 1.165) is 0 Å². The molecule has 0 aliphatic heterocycles. The summed E-state index contributed by atoms with van der Waals surface area (Å²) in [6, 6.07) is 3.95. The molecule has 0 N–H and O–H groups in total. The zero-order chi connectivity index (χ0) is 11.0. The van der Waals surface area contributed by atoms with Crippen LogP contribution >= 0.6 is 0 Å². The molecule has 0 aliphatic rings. The first kappa shape index (κ1) is 12.4. The Morgan fingerprint density at radius 2 is 2.07 bits per heavy atom. The summed E-state index contributed by atoms with van der Waals surface area (Å²) in [5.41, 5.74) is 0.